The molecule has 68 valence electrons. The highest BCUT2D eigenvalue weighted by molar-refractivity contribution is 5.97. The Morgan fingerprint density at radius 1 is 1.38 bits per heavy atom. The number of hydrogen-bond donors (Lipinski definition) is 3. The average Bonchev–Trinajstić information content (AvgIpc) is 2.17. The molecule has 1 aromatic carbocycles. The van der Waals surface area contributed by atoms with Gasteiger partial charge in [-0.15, -0.1) is 0 Å². The van der Waals surface area contributed by atoms with Gasteiger partial charge in [-0.1, -0.05) is 30.3 Å². The Morgan fingerprint density at radius 3 is 2.31 bits per heavy atom. The van der Waals surface area contributed by atoms with Crippen LogP contribution in [0.1, 0.15) is 5.56 Å². The zero-order valence-corrected chi connectivity index (χ0v) is 6.77. The fourth-order valence-corrected chi connectivity index (χ4v) is 0.961. The topological polar surface area (TPSA) is 81.4 Å². The van der Waals surface area contributed by atoms with Crippen LogP contribution in [-0.2, 0) is 10.4 Å². The zero-order chi connectivity index (χ0) is 9.90. The van der Waals surface area contributed by atoms with Gasteiger partial charge in [-0.3, -0.25) is 0 Å². The van der Waals surface area contributed by atoms with Crippen LogP contribution in [0.15, 0.2) is 30.3 Å². The second-order valence-electron chi connectivity index (χ2n) is 2.58. The molecular formula is C9H9NO3. The highest BCUT2D eigenvalue weighted by atomic mass is 16.4. The molecule has 1 atom stereocenters. The van der Waals surface area contributed by atoms with Crippen molar-refractivity contribution in [3.8, 4) is 0 Å². The highest BCUT2D eigenvalue weighted by Gasteiger charge is 2.35. The third-order valence-corrected chi connectivity index (χ3v) is 1.75. The Morgan fingerprint density at radius 2 is 1.92 bits per heavy atom. The summed E-state index contributed by atoms with van der Waals surface area (Å²) in [4.78, 5) is 10.7. The minimum atomic E-state index is -2.21. The summed E-state index contributed by atoms with van der Waals surface area (Å²) in [5.41, 5.74) is -2.03. The SMILES string of the molecule is N=CC(O)(C(=O)O)c1ccccc1. The van der Waals surface area contributed by atoms with Crippen LogP contribution < -0.4 is 0 Å². The minimum Gasteiger partial charge on any atom is -0.479 e. The van der Waals surface area contributed by atoms with Crippen molar-refractivity contribution in [3.63, 3.8) is 0 Å². The molecule has 0 aliphatic rings. The molecule has 0 amide bonds. The number of aliphatic carboxylic acids is 1. The quantitative estimate of drug-likeness (QED) is 0.594. The second kappa shape index (κ2) is 3.37. The summed E-state index contributed by atoms with van der Waals surface area (Å²) < 4.78 is 0. The molecule has 1 rings (SSSR count). The maximum atomic E-state index is 10.7. The van der Waals surface area contributed by atoms with E-state index in [1.807, 2.05) is 0 Å². The van der Waals surface area contributed by atoms with E-state index in [1.54, 1.807) is 18.2 Å². The fourth-order valence-electron chi connectivity index (χ4n) is 0.961. The third-order valence-electron chi connectivity index (χ3n) is 1.75. The molecule has 4 heteroatoms. The molecule has 0 heterocycles. The lowest BCUT2D eigenvalue weighted by Crippen LogP contribution is -2.36. The van der Waals surface area contributed by atoms with E-state index in [-0.39, 0.29) is 5.56 Å². The largest absolute Gasteiger partial charge is 0.479 e. The van der Waals surface area contributed by atoms with Gasteiger partial charge in [0.05, 0.1) is 0 Å². The fraction of sp³-hybridized carbons (Fsp3) is 0.111. The first-order valence-corrected chi connectivity index (χ1v) is 3.64. The number of nitrogens with one attached hydrogen (secondary N) is 1. The summed E-state index contributed by atoms with van der Waals surface area (Å²) in [5, 5.41) is 25.1. The highest BCUT2D eigenvalue weighted by Crippen LogP contribution is 2.18. The number of aliphatic hydroxyl groups is 1. The zero-order valence-electron chi connectivity index (χ0n) is 6.77. The molecule has 0 saturated heterocycles. The molecule has 4 nitrogen and oxygen atoms in total. The maximum absolute atomic E-state index is 10.7. The van der Waals surface area contributed by atoms with Crippen molar-refractivity contribution in [1.82, 2.24) is 0 Å². The number of carbonyl (C=O) groups is 1. The summed E-state index contributed by atoms with van der Waals surface area (Å²) in [6.45, 7) is 0. The molecule has 0 fully saturated rings. The first-order chi connectivity index (χ1) is 6.11. The van der Waals surface area contributed by atoms with Crippen LogP contribution in [0, 0.1) is 5.41 Å². The second-order valence-corrected chi connectivity index (χ2v) is 2.58. The van der Waals surface area contributed by atoms with Gasteiger partial charge in [0.15, 0.2) is 0 Å². The molecule has 0 aliphatic carbocycles. The van der Waals surface area contributed by atoms with Crippen LogP contribution in [0.4, 0.5) is 0 Å². The average molecular weight is 179 g/mol. The Hall–Kier alpha value is -1.68. The van der Waals surface area contributed by atoms with Crippen LogP contribution >= 0.6 is 0 Å². The Kier molecular flexibility index (Phi) is 2.44. The van der Waals surface area contributed by atoms with Crippen LogP contribution in [0.3, 0.4) is 0 Å². The number of carboxylic acids is 1. The monoisotopic (exact) mass is 179 g/mol. The lowest BCUT2D eigenvalue weighted by Gasteiger charge is -2.17. The maximum Gasteiger partial charge on any atom is 0.346 e. The Bertz CT molecular complexity index is 323. The normalized spacial score (nSPS) is 14.5. The van der Waals surface area contributed by atoms with Gasteiger partial charge in [-0.2, -0.15) is 0 Å². The van der Waals surface area contributed by atoms with Crippen molar-refractivity contribution in [2.75, 3.05) is 0 Å². The first kappa shape index (κ1) is 9.41. The molecule has 0 aliphatic heterocycles. The van der Waals surface area contributed by atoms with Gasteiger partial charge in [0.2, 0.25) is 5.60 Å². The van der Waals surface area contributed by atoms with Gasteiger partial charge in [0.25, 0.3) is 0 Å². The van der Waals surface area contributed by atoms with Crippen molar-refractivity contribution < 1.29 is 15.0 Å². The molecule has 13 heavy (non-hydrogen) atoms. The van der Waals surface area contributed by atoms with E-state index in [1.165, 1.54) is 12.1 Å². The van der Waals surface area contributed by atoms with E-state index >= 15 is 0 Å². The lowest BCUT2D eigenvalue weighted by molar-refractivity contribution is -0.151. The van der Waals surface area contributed by atoms with Crippen LogP contribution in [-0.4, -0.2) is 22.4 Å². The predicted molar refractivity (Wildman–Crippen MR) is 46.8 cm³/mol. The van der Waals surface area contributed by atoms with Gasteiger partial charge in [-0.05, 0) is 0 Å². The van der Waals surface area contributed by atoms with Crippen molar-refractivity contribution in [2.24, 2.45) is 0 Å². The summed E-state index contributed by atoms with van der Waals surface area (Å²) in [6.07, 6.45) is 0.505. The van der Waals surface area contributed by atoms with Crippen LogP contribution in [0.2, 0.25) is 0 Å². The van der Waals surface area contributed by atoms with Crippen molar-refractivity contribution in [3.05, 3.63) is 35.9 Å². The summed E-state index contributed by atoms with van der Waals surface area (Å²) in [5.74, 6) is -1.45. The molecule has 1 aromatic rings. The number of carboxylic acid groups (broad SMARTS) is 1. The van der Waals surface area contributed by atoms with E-state index in [0.717, 1.165) is 0 Å². The van der Waals surface area contributed by atoms with E-state index in [2.05, 4.69) is 0 Å². The van der Waals surface area contributed by atoms with Crippen molar-refractivity contribution in [2.45, 2.75) is 5.60 Å². The smallest absolute Gasteiger partial charge is 0.346 e. The number of hydrogen-bond acceptors (Lipinski definition) is 3. The van der Waals surface area contributed by atoms with Crippen molar-refractivity contribution >= 4 is 12.2 Å². The van der Waals surface area contributed by atoms with Gasteiger partial charge in [0.1, 0.15) is 0 Å². The van der Waals surface area contributed by atoms with Crippen molar-refractivity contribution in [1.29, 1.82) is 5.41 Å². The predicted octanol–water partition coefficient (Wildman–Crippen LogP) is 0.608. The molecule has 3 N–H and O–H groups in total. The molecule has 0 saturated carbocycles. The van der Waals surface area contributed by atoms with Crippen LogP contribution in [0.25, 0.3) is 0 Å². The number of rotatable bonds is 3. The van der Waals surface area contributed by atoms with Gasteiger partial charge >= 0.3 is 5.97 Å². The Balaban J connectivity index is 3.18. The van der Waals surface area contributed by atoms with E-state index in [4.69, 9.17) is 10.5 Å². The molecule has 0 radical (unpaired) electrons. The first-order valence-electron chi connectivity index (χ1n) is 3.64. The summed E-state index contributed by atoms with van der Waals surface area (Å²) in [6, 6.07) is 7.83. The number of benzene rings is 1. The molecule has 0 bridgehead atoms. The third kappa shape index (κ3) is 1.57. The Labute approximate surface area is 75.0 Å². The summed E-state index contributed by atoms with van der Waals surface area (Å²) in [7, 11) is 0. The summed E-state index contributed by atoms with van der Waals surface area (Å²) >= 11 is 0. The molecule has 0 spiro atoms. The van der Waals surface area contributed by atoms with Gasteiger partial charge < -0.3 is 15.6 Å². The van der Waals surface area contributed by atoms with E-state index in [0.29, 0.717) is 6.21 Å². The molecule has 0 aromatic heterocycles. The van der Waals surface area contributed by atoms with Crippen LogP contribution in [0.5, 0.6) is 0 Å². The minimum absolute atomic E-state index is 0.178. The lowest BCUT2D eigenvalue weighted by atomic mass is 9.95. The van der Waals surface area contributed by atoms with E-state index in [9.17, 15) is 9.90 Å². The standard InChI is InChI=1S/C9H9NO3/c10-6-9(13,8(11)12)7-4-2-1-3-5-7/h1-6,10,13H,(H,11,12). The molecule has 1 unspecified atom stereocenters. The van der Waals surface area contributed by atoms with E-state index < -0.39 is 11.6 Å². The van der Waals surface area contributed by atoms with Gasteiger partial charge in [0, 0.05) is 11.8 Å². The van der Waals surface area contributed by atoms with Gasteiger partial charge in [-0.25, -0.2) is 4.79 Å². The molecular weight excluding hydrogens is 170 g/mol.